The van der Waals surface area contributed by atoms with Gasteiger partial charge in [0, 0.05) is 6.20 Å². The van der Waals surface area contributed by atoms with Gasteiger partial charge in [0.1, 0.15) is 5.82 Å². The van der Waals surface area contributed by atoms with E-state index in [-0.39, 0.29) is 11.9 Å². The van der Waals surface area contributed by atoms with Crippen LogP contribution in [-0.4, -0.2) is 11.5 Å². The summed E-state index contributed by atoms with van der Waals surface area (Å²) in [5.74, 6) is -0.209. The van der Waals surface area contributed by atoms with Gasteiger partial charge in [-0.1, -0.05) is 32.0 Å². The molecule has 0 saturated heterocycles. The minimum absolute atomic E-state index is 0.0201. The van der Waals surface area contributed by atoms with Crippen molar-refractivity contribution in [3.63, 3.8) is 0 Å². The average molecular weight is 272 g/mol. The molecule has 0 spiro atoms. The number of pyridine rings is 1. The summed E-state index contributed by atoms with van der Waals surface area (Å²) in [6, 6.07) is 10.8. The van der Waals surface area contributed by atoms with Crippen molar-refractivity contribution >= 4 is 0 Å². The number of aromatic nitrogens is 1. The SMILES string of the molecule is CCCNC(c1ccc(F)cc1)c1ncccc1CC. The second-order valence-electron chi connectivity index (χ2n) is 4.84. The lowest BCUT2D eigenvalue weighted by Crippen LogP contribution is -2.25. The molecular formula is C17H21FN2. The van der Waals surface area contributed by atoms with Crippen molar-refractivity contribution in [3.05, 3.63) is 65.2 Å². The Kier molecular flexibility index (Phi) is 5.24. The zero-order chi connectivity index (χ0) is 14.4. The lowest BCUT2D eigenvalue weighted by Gasteiger charge is -2.21. The highest BCUT2D eigenvalue weighted by Gasteiger charge is 2.17. The summed E-state index contributed by atoms with van der Waals surface area (Å²) in [6.45, 7) is 5.16. The molecule has 0 aliphatic heterocycles. The van der Waals surface area contributed by atoms with E-state index in [2.05, 4.69) is 30.2 Å². The standard InChI is InChI=1S/C17H21FN2/c1-3-11-19-17(14-7-9-15(18)10-8-14)16-13(4-2)6-5-12-20-16/h5-10,12,17,19H,3-4,11H2,1-2H3. The molecule has 2 aromatic rings. The molecule has 2 nitrogen and oxygen atoms in total. The maximum atomic E-state index is 13.1. The quantitative estimate of drug-likeness (QED) is 0.863. The first-order chi connectivity index (χ1) is 9.76. The Hall–Kier alpha value is -1.74. The summed E-state index contributed by atoms with van der Waals surface area (Å²) < 4.78 is 13.1. The molecule has 0 radical (unpaired) electrons. The Morgan fingerprint density at radius 2 is 1.90 bits per heavy atom. The van der Waals surface area contributed by atoms with Crippen molar-refractivity contribution in [1.82, 2.24) is 10.3 Å². The number of aryl methyl sites for hydroxylation is 1. The van der Waals surface area contributed by atoms with Crippen LogP contribution in [0.3, 0.4) is 0 Å². The molecule has 20 heavy (non-hydrogen) atoms. The Morgan fingerprint density at radius 3 is 2.55 bits per heavy atom. The van der Waals surface area contributed by atoms with Crippen LogP contribution in [0, 0.1) is 5.82 Å². The lowest BCUT2D eigenvalue weighted by atomic mass is 9.98. The van der Waals surface area contributed by atoms with E-state index >= 15 is 0 Å². The highest BCUT2D eigenvalue weighted by Crippen LogP contribution is 2.24. The van der Waals surface area contributed by atoms with Gasteiger partial charge in [0.05, 0.1) is 11.7 Å². The highest BCUT2D eigenvalue weighted by molar-refractivity contribution is 5.33. The van der Waals surface area contributed by atoms with Crippen LogP contribution in [0.4, 0.5) is 4.39 Å². The van der Waals surface area contributed by atoms with Gasteiger partial charge in [0.15, 0.2) is 0 Å². The van der Waals surface area contributed by atoms with E-state index in [0.717, 1.165) is 30.6 Å². The van der Waals surface area contributed by atoms with Gasteiger partial charge in [-0.2, -0.15) is 0 Å². The average Bonchev–Trinajstić information content (AvgIpc) is 2.50. The third-order valence-electron chi connectivity index (χ3n) is 3.38. The summed E-state index contributed by atoms with van der Waals surface area (Å²) >= 11 is 0. The fraction of sp³-hybridized carbons (Fsp3) is 0.353. The van der Waals surface area contributed by atoms with Crippen LogP contribution in [0.15, 0.2) is 42.6 Å². The van der Waals surface area contributed by atoms with E-state index in [1.807, 2.05) is 24.4 Å². The molecule has 1 aromatic heterocycles. The van der Waals surface area contributed by atoms with E-state index in [0.29, 0.717) is 0 Å². The fourth-order valence-corrected chi connectivity index (χ4v) is 2.33. The largest absolute Gasteiger partial charge is 0.305 e. The second kappa shape index (κ2) is 7.15. The Bertz CT molecular complexity index is 537. The monoisotopic (exact) mass is 272 g/mol. The van der Waals surface area contributed by atoms with Crippen LogP contribution >= 0.6 is 0 Å². The number of nitrogens with one attached hydrogen (secondary N) is 1. The van der Waals surface area contributed by atoms with Gasteiger partial charge in [0.2, 0.25) is 0 Å². The van der Waals surface area contributed by atoms with E-state index in [9.17, 15) is 4.39 Å². The molecule has 0 aliphatic rings. The molecule has 106 valence electrons. The summed E-state index contributed by atoms with van der Waals surface area (Å²) in [5, 5.41) is 3.51. The molecule has 3 heteroatoms. The summed E-state index contributed by atoms with van der Waals surface area (Å²) in [5.41, 5.74) is 3.31. The summed E-state index contributed by atoms with van der Waals surface area (Å²) in [4.78, 5) is 4.55. The first-order valence-electron chi connectivity index (χ1n) is 7.18. The zero-order valence-electron chi connectivity index (χ0n) is 12.1. The molecule has 2 rings (SSSR count). The maximum Gasteiger partial charge on any atom is 0.123 e. The van der Waals surface area contributed by atoms with Crippen molar-refractivity contribution in [2.75, 3.05) is 6.54 Å². The van der Waals surface area contributed by atoms with Crippen LogP contribution in [0.2, 0.25) is 0 Å². The van der Waals surface area contributed by atoms with Gasteiger partial charge in [-0.25, -0.2) is 4.39 Å². The predicted molar refractivity (Wildman–Crippen MR) is 80.2 cm³/mol. The maximum absolute atomic E-state index is 13.1. The number of rotatable bonds is 6. The predicted octanol–water partition coefficient (Wildman–Crippen LogP) is 3.87. The second-order valence-corrected chi connectivity index (χ2v) is 4.84. The van der Waals surface area contributed by atoms with E-state index in [4.69, 9.17) is 0 Å². The molecule has 1 aromatic carbocycles. The molecule has 1 N–H and O–H groups in total. The van der Waals surface area contributed by atoms with Gasteiger partial charge in [0.25, 0.3) is 0 Å². The fourth-order valence-electron chi connectivity index (χ4n) is 2.33. The highest BCUT2D eigenvalue weighted by atomic mass is 19.1. The molecule has 1 atom stereocenters. The van der Waals surface area contributed by atoms with Gasteiger partial charge >= 0.3 is 0 Å². The van der Waals surface area contributed by atoms with Crippen molar-refractivity contribution in [1.29, 1.82) is 0 Å². The van der Waals surface area contributed by atoms with E-state index in [1.165, 1.54) is 17.7 Å². The Labute approximate surface area is 120 Å². The van der Waals surface area contributed by atoms with Crippen molar-refractivity contribution < 1.29 is 4.39 Å². The van der Waals surface area contributed by atoms with Gasteiger partial charge in [-0.05, 0) is 48.7 Å². The third kappa shape index (κ3) is 3.42. The van der Waals surface area contributed by atoms with E-state index < -0.39 is 0 Å². The van der Waals surface area contributed by atoms with Crippen molar-refractivity contribution in [3.8, 4) is 0 Å². The number of benzene rings is 1. The normalized spacial score (nSPS) is 12.3. The summed E-state index contributed by atoms with van der Waals surface area (Å²) in [7, 11) is 0. The number of hydrogen-bond donors (Lipinski definition) is 1. The number of nitrogens with zero attached hydrogens (tertiary/aromatic N) is 1. The van der Waals surface area contributed by atoms with Crippen LogP contribution < -0.4 is 5.32 Å². The van der Waals surface area contributed by atoms with Crippen molar-refractivity contribution in [2.45, 2.75) is 32.7 Å². The van der Waals surface area contributed by atoms with Crippen molar-refractivity contribution in [2.24, 2.45) is 0 Å². The van der Waals surface area contributed by atoms with Gasteiger partial charge in [-0.15, -0.1) is 0 Å². The van der Waals surface area contributed by atoms with Crippen LogP contribution in [0.5, 0.6) is 0 Å². The lowest BCUT2D eigenvalue weighted by molar-refractivity contribution is 0.578. The number of hydrogen-bond acceptors (Lipinski definition) is 2. The molecule has 0 fully saturated rings. The third-order valence-corrected chi connectivity index (χ3v) is 3.38. The van der Waals surface area contributed by atoms with Crippen LogP contribution in [0.1, 0.15) is 43.1 Å². The van der Waals surface area contributed by atoms with Gasteiger partial charge < -0.3 is 5.32 Å². The smallest absolute Gasteiger partial charge is 0.123 e. The minimum atomic E-state index is -0.209. The molecule has 0 aliphatic carbocycles. The first kappa shape index (κ1) is 14.7. The Morgan fingerprint density at radius 1 is 1.15 bits per heavy atom. The molecule has 0 amide bonds. The molecule has 1 heterocycles. The number of halogens is 1. The van der Waals surface area contributed by atoms with Crippen LogP contribution in [-0.2, 0) is 6.42 Å². The molecule has 0 bridgehead atoms. The first-order valence-corrected chi connectivity index (χ1v) is 7.18. The molecule has 0 saturated carbocycles. The zero-order valence-corrected chi connectivity index (χ0v) is 12.1. The topological polar surface area (TPSA) is 24.9 Å². The van der Waals surface area contributed by atoms with Crippen LogP contribution in [0.25, 0.3) is 0 Å². The van der Waals surface area contributed by atoms with E-state index in [1.54, 1.807) is 0 Å². The van der Waals surface area contributed by atoms with Gasteiger partial charge in [-0.3, -0.25) is 4.98 Å². The summed E-state index contributed by atoms with van der Waals surface area (Å²) in [6.07, 6.45) is 3.80. The molecular weight excluding hydrogens is 251 g/mol. The minimum Gasteiger partial charge on any atom is -0.305 e. The Balaban J connectivity index is 2.38. The molecule has 1 unspecified atom stereocenters.